The summed E-state index contributed by atoms with van der Waals surface area (Å²) in [7, 11) is 0. The van der Waals surface area contributed by atoms with Crippen molar-refractivity contribution in [3.8, 4) is 11.8 Å². The molecule has 0 bridgehead atoms. The van der Waals surface area contributed by atoms with Crippen molar-refractivity contribution < 1.29 is 0 Å². The highest BCUT2D eigenvalue weighted by molar-refractivity contribution is 6.33. The Kier molecular flexibility index (Phi) is 7.07. The van der Waals surface area contributed by atoms with Crippen molar-refractivity contribution in [3.63, 3.8) is 0 Å². The van der Waals surface area contributed by atoms with Crippen LogP contribution in [0.1, 0.15) is 25.0 Å². The molecule has 1 aliphatic rings. The number of hydrogen-bond acceptors (Lipinski definition) is 4. The van der Waals surface area contributed by atoms with Gasteiger partial charge in [0.05, 0.1) is 23.1 Å². The van der Waals surface area contributed by atoms with Crippen molar-refractivity contribution in [2.75, 3.05) is 5.73 Å². The van der Waals surface area contributed by atoms with Gasteiger partial charge in [-0.1, -0.05) is 17.5 Å². The smallest absolute Gasteiger partial charge is 0.179 e. The third-order valence-corrected chi connectivity index (χ3v) is 3.37. The van der Waals surface area contributed by atoms with E-state index in [2.05, 4.69) is 21.9 Å². The lowest BCUT2D eigenvalue weighted by Gasteiger charge is -2.00. The minimum absolute atomic E-state index is 0. The molecule has 0 amide bonds. The van der Waals surface area contributed by atoms with Crippen LogP contribution < -0.4 is 11.5 Å². The standard InChI is InChI=1S/C12H12ClN5.3ClH/c13-9-7-17-18-8(6-16-11(18)10(9)14)2-1-3-12(15)4-5-12;;;/h6-7H,3-5,14-15H2;3*1H. The third-order valence-electron chi connectivity index (χ3n) is 3.07. The number of hydrogen-bond donors (Lipinski definition) is 2. The molecule has 0 radical (unpaired) electrons. The predicted molar refractivity (Wildman–Crippen MR) is 91.8 cm³/mol. The Morgan fingerprint density at radius 3 is 2.57 bits per heavy atom. The molecule has 1 aliphatic carbocycles. The lowest BCUT2D eigenvalue weighted by atomic mass is 10.2. The molecule has 0 unspecified atom stereocenters. The Morgan fingerprint density at radius 2 is 1.95 bits per heavy atom. The fourth-order valence-electron chi connectivity index (χ4n) is 1.66. The van der Waals surface area contributed by atoms with E-state index < -0.39 is 0 Å². The van der Waals surface area contributed by atoms with Crippen LogP contribution in [0.3, 0.4) is 0 Å². The second-order valence-electron chi connectivity index (χ2n) is 4.63. The molecule has 1 saturated carbocycles. The number of aromatic nitrogens is 3. The number of rotatable bonds is 1. The number of imidazole rings is 1. The second kappa shape index (κ2) is 7.39. The summed E-state index contributed by atoms with van der Waals surface area (Å²) >= 11 is 5.88. The van der Waals surface area contributed by atoms with E-state index in [0.717, 1.165) is 12.8 Å². The van der Waals surface area contributed by atoms with Gasteiger partial charge in [0.1, 0.15) is 5.69 Å². The normalized spacial score (nSPS) is 14.0. The lowest BCUT2D eigenvalue weighted by molar-refractivity contribution is 0.701. The van der Waals surface area contributed by atoms with E-state index in [1.807, 2.05) is 0 Å². The second-order valence-corrected chi connectivity index (χ2v) is 5.03. The quantitative estimate of drug-likeness (QED) is 0.755. The Labute approximate surface area is 146 Å². The van der Waals surface area contributed by atoms with Gasteiger partial charge in [0, 0.05) is 12.0 Å². The Balaban J connectivity index is 0.00000133. The van der Waals surface area contributed by atoms with Crippen LogP contribution in [0, 0.1) is 11.8 Å². The molecule has 2 aromatic rings. The van der Waals surface area contributed by atoms with Crippen LogP contribution in [-0.4, -0.2) is 20.1 Å². The summed E-state index contributed by atoms with van der Waals surface area (Å²) in [5.41, 5.74) is 13.3. The highest BCUT2D eigenvalue weighted by Crippen LogP contribution is 2.34. The van der Waals surface area contributed by atoms with E-state index in [1.165, 1.54) is 6.20 Å². The zero-order chi connectivity index (χ0) is 12.8. The van der Waals surface area contributed by atoms with Crippen LogP contribution in [0.2, 0.25) is 5.02 Å². The summed E-state index contributed by atoms with van der Waals surface area (Å²) in [4.78, 5) is 4.17. The van der Waals surface area contributed by atoms with Crippen LogP contribution in [0.5, 0.6) is 0 Å². The van der Waals surface area contributed by atoms with Gasteiger partial charge < -0.3 is 11.5 Å². The zero-order valence-corrected chi connectivity index (χ0v) is 14.1. The van der Waals surface area contributed by atoms with E-state index in [4.69, 9.17) is 23.1 Å². The number of anilines is 1. The Bertz CT molecular complexity index is 684. The van der Waals surface area contributed by atoms with Crippen molar-refractivity contribution in [1.29, 1.82) is 0 Å². The monoisotopic (exact) mass is 369 g/mol. The van der Waals surface area contributed by atoms with Crippen LogP contribution in [0.15, 0.2) is 12.4 Å². The maximum absolute atomic E-state index is 5.96. The molecular formula is C12H15Cl4N5. The molecule has 0 aromatic carbocycles. The van der Waals surface area contributed by atoms with Gasteiger partial charge in [-0.25, -0.2) is 9.50 Å². The van der Waals surface area contributed by atoms with Crippen molar-refractivity contribution in [3.05, 3.63) is 23.1 Å². The Morgan fingerprint density at radius 1 is 1.29 bits per heavy atom. The average molecular weight is 371 g/mol. The first kappa shape index (κ1) is 20.1. The Hall–Kier alpha value is -0.900. The number of nitrogens with zero attached hydrogens (tertiary/aromatic N) is 3. The maximum atomic E-state index is 5.96. The van der Waals surface area contributed by atoms with E-state index >= 15 is 0 Å². The minimum atomic E-state index is -0.0662. The van der Waals surface area contributed by atoms with Crippen molar-refractivity contribution >= 4 is 60.2 Å². The van der Waals surface area contributed by atoms with Crippen molar-refractivity contribution in [1.82, 2.24) is 14.6 Å². The predicted octanol–water partition coefficient (Wildman–Crippen LogP) is 2.46. The first-order valence-corrected chi connectivity index (χ1v) is 6.02. The van der Waals surface area contributed by atoms with Crippen LogP contribution in [-0.2, 0) is 0 Å². The van der Waals surface area contributed by atoms with Gasteiger partial charge in [-0.2, -0.15) is 5.10 Å². The molecule has 3 rings (SSSR count). The number of nitrogens with two attached hydrogens (primary N) is 2. The van der Waals surface area contributed by atoms with E-state index in [-0.39, 0.29) is 42.8 Å². The first-order chi connectivity index (χ1) is 8.59. The fraction of sp³-hybridized carbons (Fsp3) is 0.333. The molecule has 0 atom stereocenters. The summed E-state index contributed by atoms with van der Waals surface area (Å²) in [6.45, 7) is 0. The van der Waals surface area contributed by atoms with Crippen LogP contribution >= 0.6 is 48.8 Å². The number of halogens is 4. The molecule has 1 fully saturated rings. The van der Waals surface area contributed by atoms with E-state index in [1.54, 1.807) is 10.7 Å². The first-order valence-electron chi connectivity index (χ1n) is 5.65. The molecule has 2 heterocycles. The molecule has 0 aliphatic heterocycles. The minimum Gasteiger partial charge on any atom is -0.394 e. The molecule has 0 saturated heterocycles. The van der Waals surface area contributed by atoms with Gasteiger partial charge >= 0.3 is 0 Å². The van der Waals surface area contributed by atoms with Crippen LogP contribution in [0.4, 0.5) is 5.69 Å². The average Bonchev–Trinajstić information content (AvgIpc) is 2.93. The maximum Gasteiger partial charge on any atom is 0.179 e. The van der Waals surface area contributed by atoms with Crippen LogP contribution in [0.25, 0.3) is 5.65 Å². The van der Waals surface area contributed by atoms with E-state index in [9.17, 15) is 0 Å². The molecule has 116 valence electrons. The molecule has 9 heteroatoms. The summed E-state index contributed by atoms with van der Waals surface area (Å²) < 4.78 is 1.59. The highest BCUT2D eigenvalue weighted by atomic mass is 35.5. The summed E-state index contributed by atoms with van der Waals surface area (Å²) in [6.07, 6.45) is 5.93. The van der Waals surface area contributed by atoms with E-state index in [0.29, 0.717) is 28.5 Å². The molecule has 4 N–H and O–H groups in total. The zero-order valence-electron chi connectivity index (χ0n) is 10.9. The van der Waals surface area contributed by atoms with Gasteiger partial charge in [0.15, 0.2) is 5.65 Å². The third kappa shape index (κ3) is 4.06. The topological polar surface area (TPSA) is 82.2 Å². The van der Waals surface area contributed by atoms with Gasteiger partial charge in [-0.05, 0) is 18.8 Å². The number of fused-ring (bicyclic) bond motifs is 1. The van der Waals surface area contributed by atoms with Gasteiger partial charge in [-0.3, -0.25) is 0 Å². The van der Waals surface area contributed by atoms with Gasteiger partial charge in [0.25, 0.3) is 0 Å². The molecule has 0 spiro atoms. The number of nitrogen functional groups attached to an aromatic ring is 1. The molecule has 2 aromatic heterocycles. The molecule has 5 nitrogen and oxygen atoms in total. The summed E-state index contributed by atoms with van der Waals surface area (Å²) in [5, 5.41) is 4.54. The SMILES string of the molecule is Cl.Cl.Cl.Nc1c(Cl)cnn2c(C#CCC3(N)CC3)cnc12. The van der Waals surface area contributed by atoms with Crippen molar-refractivity contribution in [2.24, 2.45) is 5.73 Å². The lowest BCUT2D eigenvalue weighted by Crippen LogP contribution is -2.20. The summed E-state index contributed by atoms with van der Waals surface area (Å²) in [6, 6.07) is 0. The van der Waals surface area contributed by atoms with Crippen molar-refractivity contribution in [2.45, 2.75) is 24.8 Å². The van der Waals surface area contributed by atoms with Gasteiger partial charge in [-0.15, -0.1) is 37.2 Å². The summed E-state index contributed by atoms with van der Waals surface area (Å²) in [5.74, 6) is 6.09. The molecule has 21 heavy (non-hydrogen) atoms. The highest BCUT2D eigenvalue weighted by Gasteiger charge is 2.36. The molecular weight excluding hydrogens is 356 g/mol. The fourth-order valence-corrected chi connectivity index (χ4v) is 1.79. The largest absolute Gasteiger partial charge is 0.394 e. The van der Waals surface area contributed by atoms with Gasteiger partial charge in [0.2, 0.25) is 0 Å².